The van der Waals surface area contributed by atoms with Gasteiger partial charge in [0.15, 0.2) is 16.7 Å². The number of carbonyl (C=O) groups excluding carboxylic acids is 2. The van der Waals surface area contributed by atoms with E-state index in [0.29, 0.717) is 21.2 Å². The average Bonchev–Trinajstić information content (AvgIpc) is 3.53. The molecule has 172 valence electrons. The van der Waals surface area contributed by atoms with E-state index >= 15 is 4.39 Å². The number of nitrogens with zero attached hydrogens (tertiary/aromatic N) is 2. The number of para-hydroxylation sites is 1. The van der Waals surface area contributed by atoms with Gasteiger partial charge in [-0.2, -0.15) is 0 Å². The Morgan fingerprint density at radius 3 is 2.60 bits per heavy atom. The third-order valence-electron chi connectivity index (χ3n) is 5.85. The molecule has 5 aromatic rings. The molecule has 6 nitrogen and oxygen atoms in total. The van der Waals surface area contributed by atoms with Gasteiger partial charge in [-0.3, -0.25) is 14.5 Å². The number of halogens is 2. The molecule has 2 aromatic heterocycles. The highest BCUT2D eigenvalue weighted by Gasteiger charge is 2.47. The van der Waals surface area contributed by atoms with Crippen LogP contribution in [0.2, 0.25) is 0 Å². The highest BCUT2D eigenvalue weighted by Crippen LogP contribution is 2.45. The number of ketones is 1. The molecule has 1 aliphatic rings. The summed E-state index contributed by atoms with van der Waals surface area (Å²) in [5.41, 5.74) is 0.537. The second-order valence-corrected chi connectivity index (χ2v) is 8.96. The first kappa shape index (κ1) is 21.2. The predicted octanol–water partition coefficient (Wildman–Crippen LogP) is 6.10. The van der Waals surface area contributed by atoms with Crippen molar-refractivity contribution >= 4 is 49.3 Å². The monoisotopic (exact) mass is 488 g/mol. The van der Waals surface area contributed by atoms with Crippen molar-refractivity contribution in [3.05, 3.63) is 107 Å². The Kier molecular flexibility index (Phi) is 4.75. The zero-order valence-corrected chi connectivity index (χ0v) is 18.6. The number of benzene rings is 3. The second-order valence-electron chi connectivity index (χ2n) is 7.95. The highest BCUT2D eigenvalue weighted by atomic mass is 32.1. The minimum absolute atomic E-state index is 0.00482. The fourth-order valence-electron chi connectivity index (χ4n) is 4.24. The first-order valence-corrected chi connectivity index (χ1v) is 11.3. The van der Waals surface area contributed by atoms with Gasteiger partial charge in [-0.15, -0.1) is 0 Å². The van der Waals surface area contributed by atoms with Gasteiger partial charge in [0.25, 0.3) is 5.91 Å². The van der Waals surface area contributed by atoms with Crippen LogP contribution in [0, 0.1) is 11.6 Å². The molecule has 0 spiro atoms. The molecule has 0 aliphatic carbocycles. The summed E-state index contributed by atoms with van der Waals surface area (Å²) >= 11 is 0.991. The lowest BCUT2D eigenvalue weighted by atomic mass is 9.95. The lowest BCUT2D eigenvalue weighted by molar-refractivity contribution is -0.117. The lowest BCUT2D eigenvalue weighted by Crippen LogP contribution is -2.31. The van der Waals surface area contributed by atoms with Crippen LogP contribution in [0.15, 0.2) is 88.5 Å². The molecular weight excluding hydrogens is 474 g/mol. The molecule has 1 N–H and O–H groups in total. The van der Waals surface area contributed by atoms with E-state index in [1.807, 2.05) is 0 Å². The van der Waals surface area contributed by atoms with Crippen molar-refractivity contribution in [2.75, 3.05) is 4.90 Å². The molecule has 1 aliphatic heterocycles. The van der Waals surface area contributed by atoms with Gasteiger partial charge in [0.05, 0.1) is 15.8 Å². The number of thiazole rings is 1. The van der Waals surface area contributed by atoms with Crippen LogP contribution in [0.25, 0.3) is 21.2 Å². The number of carbonyl (C=O) groups is 2. The minimum atomic E-state index is -1.31. The smallest absolute Gasteiger partial charge is 0.296 e. The first-order chi connectivity index (χ1) is 16.9. The maximum absolute atomic E-state index is 15.0. The normalized spacial score (nSPS) is 16.1. The van der Waals surface area contributed by atoms with Gasteiger partial charge >= 0.3 is 0 Å². The van der Waals surface area contributed by atoms with Crippen LogP contribution in [-0.4, -0.2) is 21.8 Å². The maximum atomic E-state index is 15.0. The van der Waals surface area contributed by atoms with E-state index < -0.39 is 35.1 Å². The van der Waals surface area contributed by atoms with Crippen LogP contribution in [0.5, 0.6) is 0 Å². The number of furan rings is 1. The fraction of sp³-hybridized carbons (Fsp3) is 0.0385. The fourth-order valence-corrected chi connectivity index (χ4v) is 5.26. The van der Waals surface area contributed by atoms with Crippen LogP contribution >= 0.6 is 11.3 Å². The van der Waals surface area contributed by atoms with Gasteiger partial charge in [-0.1, -0.05) is 47.7 Å². The number of anilines is 1. The Morgan fingerprint density at radius 1 is 1.03 bits per heavy atom. The first-order valence-electron chi connectivity index (χ1n) is 10.5. The SMILES string of the molecule is O=C(C1=C(O)C(=O)N(c2nc3ccc(F)cc3s2)C1c1ccccc1F)c1cc2ccccc2o1. The second kappa shape index (κ2) is 7.85. The van der Waals surface area contributed by atoms with Crippen LogP contribution in [0.1, 0.15) is 22.2 Å². The Morgan fingerprint density at radius 2 is 1.80 bits per heavy atom. The molecule has 0 radical (unpaired) electrons. The molecule has 35 heavy (non-hydrogen) atoms. The number of aromatic nitrogens is 1. The third-order valence-corrected chi connectivity index (χ3v) is 6.86. The summed E-state index contributed by atoms with van der Waals surface area (Å²) in [4.78, 5) is 32.3. The topological polar surface area (TPSA) is 83.6 Å². The van der Waals surface area contributed by atoms with Crippen molar-refractivity contribution in [2.45, 2.75) is 6.04 Å². The van der Waals surface area contributed by atoms with E-state index in [2.05, 4.69) is 4.98 Å². The van der Waals surface area contributed by atoms with E-state index in [0.717, 1.165) is 16.2 Å². The Balaban J connectivity index is 1.53. The zero-order chi connectivity index (χ0) is 24.3. The van der Waals surface area contributed by atoms with Gasteiger partial charge in [-0.25, -0.2) is 13.8 Å². The van der Waals surface area contributed by atoms with Crippen LogP contribution < -0.4 is 4.90 Å². The van der Waals surface area contributed by atoms with Crippen molar-refractivity contribution in [1.82, 2.24) is 4.98 Å². The van der Waals surface area contributed by atoms with E-state index in [9.17, 15) is 19.1 Å². The van der Waals surface area contributed by atoms with Gasteiger partial charge in [-0.05, 0) is 36.4 Å². The molecule has 3 heterocycles. The molecule has 0 saturated carbocycles. The van der Waals surface area contributed by atoms with Crippen molar-refractivity contribution in [3.63, 3.8) is 0 Å². The lowest BCUT2D eigenvalue weighted by Gasteiger charge is -2.24. The Labute approximate surface area is 200 Å². The van der Waals surface area contributed by atoms with Crippen LogP contribution in [0.3, 0.4) is 0 Å². The van der Waals surface area contributed by atoms with Gasteiger partial charge in [0.1, 0.15) is 23.3 Å². The van der Waals surface area contributed by atoms with E-state index in [1.54, 1.807) is 30.3 Å². The number of Topliss-reactive ketones (excluding diaryl/α,β-unsaturated/α-hetero) is 1. The summed E-state index contributed by atoms with van der Waals surface area (Å²) in [6.07, 6.45) is 0. The predicted molar refractivity (Wildman–Crippen MR) is 126 cm³/mol. The summed E-state index contributed by atoms with van der Waals surface area (Å²) < 4.78 is 34.9. The summed E-state index contributed by atoms with van der Waals surface area (Å²) in [6, 6.07) is 16.8. The third kappa shape index (κ3) is 3.31. The van der Waals surface area contributed by atoms with Gasteiger partial charge < -0.3 is 9.52 Å². The van der Waals surface area contributed by atoms with E-state index in [-0.39, 0.29) is 22.0 Å². The molecule has 9 heteroatoms. The number of hydrogen-bond acceptors (Lipinski definition) is 6. The number of fused-ring (bicyclic) bond motifs is 2. The van der Waals surface area contributed by atoms with Crippen molar-refractivity contribution < 1.29 is 27.9 Å². The van der Waals surface area contributed by atoms with Crippen molar-refractivity contribution in [2.24, 2.45) is 0 Å². The van der Waals surface area contributed by atoms with Crippen LogP contribution in [0.4, 0.5) is 13.9 Å². The Bertz CT molecular complexity index is 1670. The maximum Gasteiger partial charge on any atom is 0.296 e. The summed E-state index contributed by atoms with van der Waals surface area (Å²) in [5, 5.41) is 11.6. The molecule has 0 saturated heterocycles. The molecule has 0 bridgehead atoms. The van der Waals surface area contributed by atoms with Crippen molar-refractivity contribution in [3.8, 4) is 0 Å². The van der Waals surface area contributed by atoms with Gasteiger partial charge in [0.2, 0.25) is 5.78 Å². The average molecular weight is 488 g/mol. The molecule has 6 rings (SSSR count). The number of rotatable bonds is 4. The minimum Gasteiger partial charge on any atom is -0.503 e. The summed E-state index contributed by atoms with van der Waals surface area (Å²) in [7, 11) is 0. The standard InChI is InChI=1S/C26H14F2N2O4S/c27-14-9-10-17-20(12-14)35-26(29-17)30-22(15-6-2-3-7-16(15)28)21(24(32)25(30)33)23(31)19-11-13-5-1-4-8-18(13)34-19/h1-12,22,32H. The van der Waals surface area contributed by atoms with Crippen LogP contribution in [-0.2, 0) is 4.79 Å². The molecule has 3 aromatic carbocycles. The Hall–Kier alpha value is -4.37. The molecule has 1 atom stereocenters. The van der Waals surface area contributed by atoms with E-state index in [1.165, 1.54) is 42.5 Å². The molecule has 1 unspecified atom stereocenters. The zero-order valence-electron chi connectivity index (χ0n) is 17.7. The number of amides is 1. The van der Waals surface area contributed by atoms with E-state index in [4.69, 9.17) is 4.42 Å². The summed E-state index contributed by atoms with van der Waals surface area (Å²) in [6.45, 7) is 0. The number of aliphatic hydroxyl groups excluding tert-OH is 1. The molecular formula is C26H14F2N2O4S. The molecule has 1 amide bonds. The van der Waals surface area contributed by atoms with Gasteiger partial charge in [0, 0.05) is 10.9 Å². The summed E-state index contributed by atoms with van der Waals surface area (Å²) in [5.74, 6) is -3.75. The quantitative estimate of drug-likeness (QED) is 0.309. The highest BCUT2D eigenvalue weighted by molar-refractivity contribution is 7.22. The number of hydrogen-bond donors (Lipinski definition) is 1. The number of aliphatic hydroxyl groups is 1. The molecule has 0 fully saturated rings. The largest absolute Gasteiger partial charge is 0.503 e. The van der Waals surface area contributed by atoms with Crippen molar-refractivity contribution in [1.29, 1.82) is 0 Å².